The van der Waals surface area contributed by atoms with Gasteiger partial charge in [-0.25, -0.2) is 19.6 Å². The molecule has 0 saturated carbocycles. The van der Waals surface area contributed by atoms with Crippen molar-refractivity contribution in [3.8, 4) is 0 Å². The number of aromatic carboxylic acids is 2. The van der Waals surface area contributed by atoms with Crippen LogP contribution in [0.2, 0.25) is 0 Å². The summed E-state index contributed by atoms with van der Waals surface area (Å²) in [4.78, 5) is 64.8. The topological polar surface area (TPSA) is 215 Å². The van der Waals surface area contributed by atoms with Crippen molar-refractivity contribution in [3.63, 3.8) is 0 Å². The van der Waals surface area contributed by atoms with Gasteiger partial charge in [0, 0.05) is 45.7 Å². The molecular formula is C45H56N6O10. The van der Waals surface area contributed by atoms with E-state index in [0.717, 1.165) is 23.1 Å². The van der Waals surface area contributed by atoms with E-state index in [1.54, 1.807) is 34.1 Å². The first kappa shape index (κ1) is 47.8. The monoisotopic (exact) mass is 840 g/mol. The lowest BCUT2D eigenvalue weighted by Crippen LogP contribution is -2.44. The molecule has 16 heteroatoms. The third-order valence-corrected chi connectivity index (χ3v) is 9.76. The van der Waals surface area contributed by atoms with Crippen molar-refractivity contribution in [2.45, 2.75) is 38.9 Å². The average Bonchev–Trinajstić information content (AvgIpc) is 3.26. The van der Waals surface area contributed by atoms with Gasteiger partial charge in [0.2, 0.25) is 11.8 Å². The maximum Gasteiger partial charge on any atom is 0.354 e. The molecule has 326 valence electrons. The lowest BCUT2D eigenvalue weighted by atomic mass is 10.0. The normalized spacial score (nSPS) is 11.7. The fraction of sp³-hybridized carbons (Fsp3) is 0.378. The molecule has 5 N–H and O–H groups in total. The maximum atomic E-state index is 14.0. The number of benzene rings is 2. The number of carbonyl (C=O) groups excluding carboxylic acids is 2. The second-order valence-electron chi connectivity index (χ2n) is 13.9. The number of carboxylic acid groups (broad SMARTS) is 2. The Morgan fingerprint density at radius 2 is 1.38 bits per heavy atom. The van der Waals surface area contributed by atoms with Gasteiger partial charge in [-0.1, -0.05) is 74.2 Å². The number of nitrogens with zero attached hydrogens (tertiary/aromatic N) is 5. The summed E-state index contributed by atoms with van der Waals surface area (Å²) < 4.78 is 11.6. The molecule has 1 atom stereocenters. The molecule has 0 radical (unpaired) electrons. The number of anilines is 1. The Morgan fingerprint density at radius 3 is 2.05 bits per heavy atom. The number of hydrogen-bond donors (Lipinski definition) is 5. The number of aryl methyl sites for hydroxylation is 1. The van der Waals surface area contributed by atoms with Crippen molar-refractivity contribution in [2.75, 3.05) is 77.3 Å². The molecule has 4 rings (SSSR count). The Morgan fingerprint density at radius 1 is 0.738 bits per heavy atom. The molecule has 0 bridgehead atoms. The van der Waals surface area contributed by atoms with Crippen molar-refractivity contribution >= 4 is 35.5 Å². The first-order chi connectivity index (χ1) is 29.6. The van der Waals surface area contributed by atoms with Crippen LogP contribution in [0.1, 0.15) is 68.4 Å². The van der Waals surface area contributed by atoms with Gasteiger partial charge in [0.15, 0.2) is 0 Å². The van der Waals surface area contributed by atoms with E-state index < -0.39 is 23.9 Å². The highest BCUT2D eigenvalue weighted by atomic mass is 16.5. The molecule has 0 aliphatic rings. The fourth-order valence-corrected chi connectivity index (χ4v) is 6.70. The lowest BCUT2D eigenvalue weighted by Gasteiger charge is -2.30. The number of aliphatic hydroxyl groups is 2. The number of aromatic nitrogens is 2. The summed E-state index contributed by atoms with van der Waals surface area (Å²) >= 11 is 0. The van der Waals surface area contributed by atoms with Gasteiger partial charge in [-0.15, -0.1) is 0 Å². The zero-order chi connectivity index (χ0) is 44.0. The van der Waals surface area contributed by atoms with E-state index in [4.69, 9.17) is 9.47 Å². The van der Waals surface area contributed by atoms with Crippen molar-refractivity contribution in [2.24, 2.45) is 0 Å². The zero-order valence-corrected chi connectivity index (χ0v) is 34.5. The van der Waals surface area contributed by atoms with Crippen LogP contribution in [0.4, 0.5) is 5.69 Å². The van der Waals surface area contributed by atoms with Crippen LogP contribution in [-0.4, -0.2) is 136 Å². The number of carbonyl (C=O) groups is 4. The van der Waals surface area contributed by atoms with Crippen molar-refractivity contribution in [1.29, 1.82) is 0 Å². The highest BCUT2D eigenvalue weighted by molar-refractivity contribution is 5.96. The third-order valence-electron chi connectivity index (χ3n) is 9.76. The van der Waals surface area contributed by atoms with Crippen molar-refractivity contribution < 1.29 is 49.1 Å². The Labute approximate surface area is 356 Å². The molecule has 0 spiro atoms. The van der Waals surface area contributed by atoms with Crippen LogP contribution in [0, 0.1) is 0 Å². The molecule has 2 heterocycles. The highest BCUT2D eigenvalue weighted by Crippen LogP contribution is 2.26. The minimum atomic E-state index is -1.27. The zero-order valence-electron chi connectivity index (χ0n) is 34.5. The Hall–Kier alpha value is -5.88. The number of pyridine rings is 2. The molecule has 4 aromatic rings. The molecule has 0 fully saturated rings. The summed E-state index contributed by atoms with van der Waals surface area (Å²) in [5, 5.41) is 41.3. The van der Waals surface area contributed by atoms with Gasteiger partial charge in [-0.2, -0.15) is 0 Å². The summed E-state index contributed by atoms with van der Waals surface area (Å²) in [6.45, 7) is 8.03. The standard InChI is InChI=1S/C45H56N6O10/c1-3-33-11-5-6-13-35(33)31-51(40-18-8-7-12-34(40)4-2)41(54)19-20-46-43(55)42(37-15-10-17-39(48-37)45(58)59)50(22-26-53)24-28-61-30-29-60-27-23-49(21-25-52)32-36-14-9-16-38(47-36)44(56)57/h4-18,42,52-53H,2-3,19-32H2,1H3,(H,46,55)(H,56,57)(H,58,59). The number of rotatable bonds is 28. The van der Waals surface area contributed by atoms with E-state index >= 15 is 0 Å². The van der Waals surface area contributed by atoms with Crippen LogP contribution in [0.25, 0.3) is 6.08 Å². The van der Waals surface area contributed by atoms with E-state index in [0.29, 0.717) is 44.2 Å². The lowest BCUT2D eigenvalue weighted by molar-refractivity contribution is -0.127. The summed E-state index contributed by atoms with van der Waals surface area (Å²) in [6, 6.07) is 23.4. The predicted octanol–water partition coefficient (Wildman–Crippen LogP) is 3.68. The molecule has 16 nitrogen and oxygen atoms in total. The summed E-state index contributed by atoms with van der Waals surface area (Å²) in [5.41, 5.74) is 3.97. The first-order valence-corrected chi connectivity index (χ1v) is 20.2. The molecule has 0 aliphatic carbocycles. The van der Waals surface area contributed by atoms with E-state index in [2.05, 4.69) is 28.8 Å². The highest BCUT2D eigenvalue weighted by Gasteiger charge is 2.30. The second-order valence-corrected chi connectivity index (χ2v) is 13.9. The Kier molecular flexibility index (Phi) is 20.1. The minimum Gasteiger partial charge on any atom is -0.477 e. The third kappa shape index (κ3) is 15.0. The number of hydrogen-bond acceptors (Lipinski definition) is 12. The largest absolute Gasteiger partial charge is 0.477 e. The van der Waals surface area contributed by atoms with Crippen LogP contribution in [0.15, 0.2) is 91.5 Å². The van der Waals surface area contributed by atoms with Crippen LogP contribution < -0.4 is 10.2 Å². The summed E-state index contributed by atoms with van der Waals surface area (Å²) in [6.07, 6.45) is 2.44. The molecule has 0 saturated heterocycles. The number of ether oxygens (including phenoxy) is 2. The molecular weight excluding hydrogens is 785 g/mol. The molecule has 2 amide bonds. The van der Waals surface area contributed by atoms with Crippen LogP contribution in [-0.2, 0) is 38.6 Å². The number of para-hydroxylation sites is 1. The van der Waals surface area contributed by atoms with Crippen molar-refractivity contribution in [1.82, 2.24) is 25.1 Å². The summed E-state index contributed by atoms with van der Waals surface area (Å²) in [7, 11) is 0. The molecule has 1 unspecified atom stereocenters. The molecule has 2 aromatic heterocycles. The quantitative estimate of drug-likeness (QED) is 0.0517. The maximum absolute atomic E-state index is 14.0. The van der Waals surface area contributed by atoms with Gasteiger partial charge in [0.25, 0.3) is 0 Å². The van der Waals surface area contributed by atoms with Crippen LogP contribution >= 0.6 is 0 Å². The first-order valence-electron chi connectivity index (χ1n) is 20.2. The number of aliphatic hydroxyl groups excluding tert-OH is 2. The number of amides is 2. The Balaban J connectivity index is 1.37. The predicted molar refractivity (Wildman–Crippen MR) is 229 cm³/mol. The molecule has 61 heavy (non-hydrogen) atoms. The second kappa shape index (κ2) is 25.7. The van der Waals surface area contributed by atoms with Gasteiger partial charge >= 0.3 is 11.9 Å². The number of nitrogens with one attached hydrogen (secondary N) is 1. The van der Waals surface area contributed by atoms with E-state index in [9.17, 15) is 39.6 Å². The SMILES string of the molecule is C=Cc1ccccc1N(Cc1ccccc1CC)C(=O)CCNC(=O)C(c1cccc(C(=O)O)n1)N(CCO)CCOCCOCCN(CCO)Cc1cccc(C(=O)O)n1. The van der Waals surface area contributed by atoms with Gasteiger partial charge in [-0.05, 0) is 53.4 Å². The Bertz CT molecular complexity index is 2050. The van der Waals surface area contributed by atoms with Gasteiger partial charge < -0.3 is 40.1 Å². The van der Waals surface area contributed by atoms with Gasteiger partial charge in [-0.3, -0.25) is 19.4 Å². The fourth-order valence-electron chi connectivity index (χ4n) is 6.70. The van der Waals surface area contributed by atoms with Gasteiger partial charge in [0.1, 0.15) is 17.4 Å². The van der Waals surface area contributed by atoms with Crippen LogP contribution in [0.5, 0.6) is 0 Å². The van der Waals surface area contributed by atoms with E-state index in [1.807, 2.05) is 53.4 Å². The average molecular weight is 841 g/mol. The molecule has 0 aliphatic heterocycles. The minimum absolute atomic E-state index is 0.0310. The van der Waals surface area contributed by atoms with Crippen molar-refractivity contribution in [3.05, 3.63) is 131 Å². The number of carboxylic acids is 2. The summed E-state index contributed by atoms with van der Waals surface area (Å²) in [5.74, 6) is -3.15. The molecule has 2 aromatic carbocycles. The van der Waals surface area contributed by atoms with Gasteiger partial charge in [0.05, 0.1) is 63.3 Å². The van der Waals surface area contributed by atoms with E-state index in [-0.39, 0.29) is 82.1 Å². The smallest absolute Gasteiger partial charge is 0.354 e. The van der Waals surface area contributed by atoms with E-state index in [1.165, 1.54) is 18.2 Å². The van der Waals surface area contributed by atoms with Crippen LogP contribution in [0.3, 0.4) is 0 Å².